The fraction of sp³-hybridized carbons (Fsp3) is 0.262. The van der Waals surface area contributed by atoms with Crippen LogP contribution in [0.5, 0.6) is 0 Å². The summed E-state index contributed by atoms with van der Waals surface area (Å²) in [4.78, 5) is 116. The Kier molecular flexibility index (Phi) is 11.4. The van der Waals surface area contributed by atoms with Crippen LogP contribution in [0.3, 0.4) is 0 Å². The van der Waals surface area contributed by atoms with Gasteiger partial charge in [0.05, 0.1) is 72.5 Å². The van der Waals surface area contributed by atoms with E-state index in [9.17, 15) is 43.2 Å². The molecular weight excluding hydrogens is 1020 g/mol. The lowest BCUT2D eigenvalue weighted by Crippen LogP contribution is -2.41. The van der Waals surface area contributed by atoms with E-state index in [1.165, 1.54) is 51.3 Å². The number of hydrogen-bond donors (Lipinski definition) is 0. The van der Waals surface area contributed by atoms with E-state index in [2.05, 4.69) is 9.13 Å². The smallest absolute Gasteiger partial charge is 0.303 e. The fourth-order valence-electron chi connectivity index (χ4n) is 13.3. The van der Waals surface area contributed by atoms with Crippen LogP contribution in [0.4, 0.5) is 0 Å². The number of ether oxygens (including phenoxy) is 4. The van der Waals surface area contributed by atoms with Crippen LogP contribution in [0.1, 0.15) is 83.7 Å². The Morgan fingerprint density at radius 3 is 1.07 bits per heavy atom. The quantitative estimate of drug-likeness (QED) is 0.0900. The van der Waals surface area contributed by atoms with E-state index in [-0.39, 0.29) is 57.0 Å². The molecule has 4 aromatic heterocycles. The van der Waals surface area contributed by atoms with E-state index < -0.39 is 54.2 Å². The summed E-state index contributed by atoms with van der Waals surface area (Å²) in [5, 5.41) is 6.52. The standard InChI is InChI=1S/C31H25N3O7.C30H25N3O6/c1-15(36)32-11-21-26-19-6-4-5-7-22(19)33-12-24(40-16(2)37)25(41-17(3)38)13-34-23-9-8-18(14-35)10-20(23)27(28(21)31(32)39)30(34)29(26)33;1-15(34)31-12-20-25-18-8-4-6-10-21(18)32-13-23(38-16(2)35)24(39-17(3)36)14-33-22-11-7-5-9-19(22)26(27(20)30(31)37)29(33)28(25)32/h4-10,14,24-25H,11-13H2,1-3H3;4-11,23-24H,12-14H2,1-3H3. The van der Waals surface area contributed by atoms with Gasteiger partial charge in [0.25, 0.3) is 11.8 Å². The molecule has 14 rings (SSSR count). The Bertz CT molecular complexity index is 4530. The molecule has 19 heteroatoms. The number of para-hydroxylation sites is 3. The highest BCUT2D eigenvalue weighted by atomic mass is 16.6. The van der Waals surface area contributed by atoms with Gasteiger partial charge in [0.15, 0.2) is 24.4 Å². The van der Waals surface area contributed by atoms with Crippen molar-refractivity contribution in [2.24, 2.45) is 0 Å². The number of carbonyl (C=O) groups excluding carboxylic acids is 9. The van der Waals surface area contributed by atoms with Crippen molar-refractivity contribution in [1.29, 1.82) is 0 Å². The highest BCUT2D eigenvalue weighted by Crippen LogP contribution is 2.50. The van der Waals surface area contributed by atoms with E-state index in [0.717, 1.165) is 88.3 Å². The highest BCUT2D eigenvalue weighted by Gasteiger charge is 2.43. The normalized spacial score (nSPS) is 18.4. The first-order valence-corrected chi connectivity index (χ1v) is 26.2. The van der Waals surface area contributed by atoms with Gasteiger partial charge in [0, 0.05) is 112 Å². The SMILES string of the molecule is CC(=O)OC1Cn2c3ccccc3c3c4c(c5c6cc(C=O)ccc6n(c5c32)CC1OC(C)=O)C(=O)N(C(C)=O)C4.CC(=O)OC1Cn2c3ccccc3c3c4c(c5c6ccccc6n(c5c32)CC1OC(C)=O)C(=O)N(C(C)=O)C4. The lowest BCUT2D eigenvalue weighted by molar-refractivity contribution is -0.167. The first kappa shape index (κ1) is 49.9. The van der Waals surface area contributed by atoms with Gasteiger partial charge in [-0.3, -0.25) is 53.0 Å². The van der Waals surface area contributed by atoms with Crippen LogP contribution in [0.15, 0.2) is 91.0 Å². The predicted molar refractivity (Wildman–Crippen MR) is 294 cm³/mol. The lowest BCUT2D eigenvalue weighted by atomic mass is 9.96. The van der Waals surface area contributed by atoms with Gasteiger partial charge in [0.1, 0.15) is 6.29 Å². The van der Waals surface area contributed by atoms with Crippen LogP contribution < -0.4 is 0 Å². The number of aldehydes is 1. The van der Waals surface area contributed by atoms with E-state index in [4.69, 9.17) is 18.9 Å². The molecule has 4 aliphatic rings. The molecule has 80 heavy (non-hydrogen) atoms. The number of rotatable bonds is 5. The Labute approximate surface area is 453 Å². The molecule has 4 unspecified atom stereocenters. The maximum absolute atomic E-state index is 13.9. The average molecular weight is 1080 g/mol. The maximum Gasteiger partial charge on any atom is 0.303 e. The molecule has 4 aliphatic heterocycles. The van der Waals surface area contributed by atoms with Crippen molar-refractivity contribution in [3.8, 4) is 0 Å². The Morgan fingerprint density at radius 2 is 0.738 bits per heavy atom. The summed E-state index contributed by atoms with van der Waals surface area (Å²) in [5.41, 5.74) is 9.54. The molecular formula is C61H50N6O13. The van der Waals surface area contributed by atoms with E-state index in [1.54, 1.807) is 18.2 Å². The second kappa shape index (κ2) is 18.2. The van der Waals surface area contributed by atoms with Crippen molar-refractivity contribution >= 4 is 141 Å². The number of hydrogen-bond acceptors (Lipinski definition) is 13. The first-order valence-electron chi connectivity index (χ1n) is 26.2. The molecule has 6 aromatic carbocycles. The topological polar surface area (TPSA) is 217 Å². The van der Waals surface area contributed by atoms with Crippen LogP contribution in [0, 0.1) is 0 Å². The first-order chi connectivity index (χ1) is 38.4. The molecule has 0 saturated carbocycles. The van der Waals surface area contributed by atoms with E-state index in [1.807, 2.05) is 81.9 Å². The molecule has 8 heterocycles. The number of amides is 4. The summed E-state index contributed by atoms with van der Waals surface area (Å²) in [6.45, 7) is 9.21. The molecule has 0 aliphatic carbocycles. The third-order valence-electron chi connectivity index (χ3n) is 16.2. The van der Waals surface area contributed by atoms with Crippen LogP contribution in [0.2, 0.25) is 0 Å². The second-order valence-corrected chi connectivity index (χ2v) is 20.9. The third kappa shape index (κ3) is 7.28. The number of imide groups is 2. The lowest BCUT2D eigenvalue weighted by Gasteiger charge is -2.30. The molecule has 0 saturated heterocycles. The van der Waals surface area contributed by atoms with Crippen molar-refractivity contribution in [3.05, 3.63) is 119 Å². The van der Waals surface area contributed by atoms with Crippen molar-refractivity contribution < 1.29 is 62.1 Å². The van der Waals surface area contributed by atoms with Crippen LogP contribution in [-0.4, -0.2) is 106 Å². The van der Waals surface area contributed by atoms with Gasteiger partial charge >= 0.3 is 23.9 Å². The molecule has 4 amide bonds. The Balaban J connectivity index is 0.000000151. The van der Waals surface area contributed by atoms with Gasteiger partial charge in [-0.2, -0.15) is 0 Å². The summed E-state index contributed by atoms with van der Waals surface area (Å²) in [7, 11) is 0. The van der Waals surface area contributed by atoms with Crippen LogP contribution in [-0.2, 0) is 87.0 Å². The summed E-state index contributed by atoms with van der Waals surface area (Å²) in [6.07, 6.45) is -2.43. The number of fused-ring (bicyclic) bond motifs is 18. The Hall–Kier alpha value is -9.65. The zero-order valence-corrected chi connectivity index (χ0v) is 44.3. The minimum absolute atomic E-state index is 0.118. The number of aromatic nitrogens is 4. The zero-order valence-electron chi connectivity index (χ0n) is 44.3. The molecule has 19 nitrogen and oxygen atoms in total. The molecule has 0 spiro atoms. The van der Waals surface area contributed by atoms with E-state index >= 15 is 0 Å². The number of benzene rings is 6. The number of carbonyl (C=O) groups is 9. The van der Waals surface area contributed by atoms with Crippen LogP contribution in [0.25, 0.3) is 87.2 Å². The minimum atomic E-state index is -0.844. The third-order valence-corrected chi connectivity index (χ3v) is 16.2. The minimum Gasteiger partial charge on any atom is -0.457 e. The summed E-state index contributed by atoms with van der Waals surface area (Å²) in [6, 6.07) is 28.7. The van der Waals surface area contributed by atoms with Gasteiger partial charge in [-0.1, -0.05) is 54.6 Å². The van der Waals surface area contributed by atoms with Gasteiger partial charge in [-0.05, 0) is 47.5 Å². The summed E-state index contributed by atoms with van der Waals surface area (Å²) >= 11 is 0. The van der Waals surface area contributed by atoms with Gasteiger partial charge < -0.3 is 37.2 Å². The van der Waals surface area contributed by atoms with Gasteiger partial charge in [-0.15, -0.1) is 0 Å². The maximum atomic E-state index is 13.9. The molecule has 4 atom stereocenters. The largest absolute Gasteiger partial charge is 0.457 e. The number of nitrogens with zero attached hydrogens (tertiary/aromatic N) is 6. The van der Waals surface area contributed by atoms with Crippen LogP contribution >= 0.6 is 0 Å². The molecule has 0 N–H and O–H groups in total. The second-order valence-electron chi connectivity index (χ2n) is 20.9. The molecule has 0 radical (unpaired) electrons. The predicted octanol–water partition coefficient (Wildman–Crippen LogP) is 8.38. The van der Waals surface area contributed by atoms with Crippen molar-refractivity contribution in [1.82, 2.24) is 28.1 Å². The summed E-state index contributed by atoms with van der Waals surface area (Å²) in [5.74, 6) is -3.34. The molecule has 0 bridgehead atoms. The average Bonchev–Trinajstić information content (AvgIpc) is 2.09. The van der Waals surface area contributed by atoms with Gasteiger partial charge in [0.2, 0.25) is 11.8 Å². The Morgan fingerprint density at radius 1 is 0.425 bits per heavy atom. The fourth-order valence-corrected chi connectivity index (χ4v) is 13.3. The number of esters is 4. The van der Waals surface area contributed by atoms with Crippen molar-refractivity contribution in [3.63, 3.8) is 0 Å². The highest BCUT2D eigenvalue weighted by molar-refractivity contribution is 6.33. The molecule has 0 fully saturated rings. The molecule has 10 aromatic rings. The van der Waals surface area contributed by atoms with Crippen molar-refractivity contribution in [2.45, 2.75) is 105 Å². The summed E-state index contributed by atoms with van der Waals surface area (Å²) < 4.78 is 31.3. The zero-order chi connectivity index (χ0) is 55.9. The monoisotopic (exact) mass is 1070 g/mol. The molecule has 402 valence electrons. The van der Waals surface area contributed by atoms with Gasteiger partial charge in [-0.25, -0.2) is 0 Å². The van der Waals surface area contributed by atoms with E-state index in [0.29, 0.717) is 33.0 Å². The van der Waals surface area contributed by atoms with Crippen molar-refractivity contribution in [2.75, 3.05) is 0 Å².